The van der Waals surface area contributed by atoms with Gasteiger partial charge in [-0.3, -0.25) is 0 Å². The van der Waals surface area contributed by atoms with Gasteiger partial charge >= 0.3 is 17.1 Å². The van der Waals surface area contributed by atoms with E-state index in [0.717, 1.165) is 0 Å². The van der Waals surface area contributed by atoms with Crippen LogP contribution in [0.5, 0.6) is 0 Å². The molecular formula is C6H12MnN2O4. The largest absolute Gasteiger partial charge is 2.00 e. The first-order chi connectivity index (χ1) is 5.54. The van der Waals surface area contributed by atoms with Crippen LogP contribution in [0.25, 0.3) is 0 Å². The maximum Gasteiger partial charge on any atom is 2.00 e. The topological polar surface area (TPSA) is 104 Å². The third-order valence-electron chi connectivity index (χ3n) is 0.642. The Morgan fingerprint density at radius 2 is 1.23 bits per heavy atom. The maximum absolute atomic E-state index is 9.43. The molecule has 0 aliphatic heterocycles. The van der Waals surface area contributed by atoms with Gasteiger partial charge in [0, 0.05) is 13.1 Å². The zero-order chi connectivity index (χ0) is 9.98. The molecule has 0 amide bonds. The van der Waals surface area contributed by atoms with Crippen LogP contribution in [0.3, 0.4) is 0 Å². The molecule has 6 nitrogen and oxygen atoms in total. The third kappa shape index (κ3) is 34.6. The Balaban J connectivity index is -0.000000143. The first-order valence-corrected chi connectivity index (χ1v) is 3.23. The van der Waals surface area contributed by atoms with Crippen molar-refractivity contribution in [3.63, 3.8) is 0 Å². The minimum absolute atomic E-state index is 0. The van der Waals surface area contributed by atoms with E-state index in [4.69, 9.17) is 0 Å². The zero-order valence-corrected chi connectivity index (χ0v) is 8.61. The second kappa shape index (κ2) is 13.9. The Labute approximate surface area is 87.2 Å². The van der Waals surface area contributed by atoms with Gasteiger partial charge in [0.1, 0.15) is 0 Å². The minimum Gasteiger partial charge on any atom is -0.549 e. The van der Waals surface area contributed by atoms with Gasteiger partial charge in [-0.15, -0.1) is 0 Å². The summed E-state index contributed by atoms with van der Waals surface area (Å²) in [5, 5.41) is 23.7. The van der Waals surface area contributed by atoms with Gasteiger partial charge in [-0.1, -0.05) is 0 Å². The Bertz CT molecular complexity index is 127. The van der Waals surface area contributed by atoms with E-state index < -0.39 is 11.9 Å². The van der Waals surface area contributed by atoms with Gasteiger partial charge in [-0.05, 0) is 14.1 Å². The summed E-state index contributed by atoms with van der Waals surface area (Å²) < 4.78 is 0. The fourth-order valence-corrected chi connectivity index (χ4v) is 0.289. The van der Waals surface area contributed by atoms with Crippen molar-refractivity contribution in [3.05, 3.63) is 0 Å². The maximum atomic E-state index is 9.43. The molecule has 0 aromatic heterocycles. The summed E-state index contributed by atoms with van der Waals surface area (Å²) in [6, 6.07) is 0. The van der Waals surface area contributed by atoms with Gasteiger partial charge in [0.2, 0.25) is 0 Å². The van der Waals surface area contributed by atoms with Gasteiger partial charge in [0.15, 0.2) is 0 Å². The summed E-state index contributed by atoms with van der Waals surface area (Å²) in [5.74, 6) is -2.14. The van der Waals surface area contributed by atoms with E-state index >= 15 is 0 Å². The number of aliphatic carboxylic acids is 2. The molecule has 0 fully saturated rings. The summed E-state index contributed by atoms with van der Waals surface area (Å²) in [6.07, 6.45) is 0. The van der Waals surface area contributed by atoms with Gasteiger partial charge < -0.3 is 30.4 Å². The van der Waals surface area contributed by atoms with Crippen molar-refractivity contribution in [1.82, 2.24) is 10.6 Å². The van der Waals surface area contributed by atoms with Crippen molar-refractivity contribution in [2.75, 3.05) is 27.2 Å². The number of rotatable bonds is 4. The van der Waals surface area contributed by atoms with Crippen LogP contribution in [0.1, 0.15) is 0 Å². The number of carbonyl (C=O) groups excluding carboxylic acids is 2. The van der Waals surface area contributed by atoms with E-state index in [2.05, 4.69) is 10.6 Å². The summed E-state index contributed by atoms with van der Waals surface area (Å²) >= 11 is 0. The molecule has 0 spiro atoms. The van der Waals surface area contributed by atoms with Crippen molar-refractivity contribution in [1.29, 1.82) is 0 Å². The Kier molecular flexibility index (Phi) is 19.5. The van der Waals surface area contributed by atoms with Crippen molar-refractivity contribution in [2.45, 2.75) is 0 Å². The SMILES string of the molecule is CNCC(=O)[O-].CNCC(=O)[O-].[Mn+2]. The summed E-state index contributed by atoms with van der Waals surface area (Å²) in [5.41, 5.74) is 0. The van der Waals surface area contributed by atoms with Crippen LogP contribution in [-0.4, -0.2) is 39.1 Å². The fraction of sp³-hybridized carbons (Fsp3) is 0.667. The first kappa shape index (κ1) is 18.2. The standard InChI is InChI=1S/2C3H7NO2.Mn/c2*1-4-2-3(5)6;/h2*4H,2H2,1H3,(H,5,6);/q;;+2/p-2. The summed E-state index contributed by atoms with van der Waals surface area (Å²) in [7, 11) is 3.10. The predicted molar refractivity (Wildman–Crippen MR) is 37.9 cm³/mol. The van der Waals surface area contributed by atoms with Crippen LogP contribution in [-0.2, 0) is 26.7 Å². The fourth-order valence-electron chi connectivity index (χ4n) is 0.289. The average molecular weight is 231 g/mol. The minimum atomic E-state index is -1.07. The molecule has 0 bridgehead atoms. The molecule has 0 unspecified atom stereocenters. The van der Waals surface area contributed by atoms with E-state index in [-0.39, 0.29) is 30.2 Å². The second-order valence-electron chi connectivity index (χ2n) is 1.80. The molecule has 0 atom stereocenters. The molecule has 13 heavy (non-hydrogen) atoms. The molecule has 7 heteroatoms. The molecule has 0 aliphatic rings. The number of carboxylic acids is 2. The van der Waals surface area contributed by atoms with Gasteiger partial charge in [-0.2, -0.15) is 0 Å². The molecule has 0 aromatic carbocycles. The molecule has 0 aromatic rings. The predicted octanol–water partition coefficient (Wildman–Crippen LogP) is -4.09. The summed E-state index contributed by atoms with van der Waals surface area (Å²) in [6.45, 7) is -0.139. The molecule has 0 aliphatic carbocycles. The first-order valence-electron chi connectivity index (χ1n) is 3.23. The Morgan fingerprint density at radius 3 is 1.23 bits per heavy atom. The van der Waals surface area contributed by atoms with Crippen LogP contribution >= 0.6 is 0 Å². The molecule has 0 heterocycles. The molecule has 2 N–H and O–H groups in total. The van der Waals surface area contributed by atoms with Gasteiger partial charge in [-0.25, -0.2) is 0 Å². The van der Waals surface area contributed by atoms with Gasteiger partial charge in [0.25, 0.3) is 0 Å². The van der Waals surface area contributed by atoms with Crippen molar-refractivity contribution < 1.29 is 36.9 Å². The quantitative estimate of drug-likeness (QED) is 0.477. The van der Waals surface area contributed by atoms with Crippen LogP contribution in [0.4, 0.5) is 0 Å². The van der Waals surface area contributed by atoms with Crippen LogP contribution in [0.2, 0.25) is 0 Å². The van der Waals surface area contributed by atoms with Gasteiger partial charge in [0.05, 0.1) is 11.9 Å². The average Bonchev–Trinajstić information content (AvgIpc) is 1.87. The molecule has 0 saturated heterocycles. The molecule has 1 radical (unpaired) electrons. The smallest absolute Gasteiger partial charge is 0.549 e. The Hall–Kier alpha value is -0.621. The third-order valence-corrected chi connectivity index (χ3v) is 0.642. The van der Waals surface area contributed by atoms with E-state index in [9.17, 15) is 19.8 Å². The molecule has 0 rings (SSSR count). The number of carbonyl (C=O) groups is 2. The van der Waals surface area contributed by atoms with Crippen molar-refractivity contribution in [2.24, 2.45) is 0 Å². The normalized spacial score (nSPS) is 7.54. The van der Waals surface area contributed by atoms with Crippen LogP contribution in [0, 0.1) is 0 Å². The van der Waals surface area contributed by atoms with E-state index in [1.807, 2.05) is 0 Å². The zero-order valence-electron chi connectivity index (χ0n) is 7.43. The molecule has 0 saturated carbocycles. The summed E-state index contributed by atoms with van der Waals surface area (Å²) in [4.78, 5) is 18.9. The number of hydrogen-bond donors (Lipinski definition) is 2. The van der Waals surface area contributed by atoms with E-state index in [1.54, 1.807) is 14.1 Å². The van der Waals surface area contributed by atoms with Crippen molar-refractivity contribution in [3.8, 4) is 0 Å². The second-order valence-corrected chi connectivity index (χ2v) is 1.80. The molecule has 77 valence electrons. The monoisotopic (exact) mass is 231 g/mol. The van der Waals surface area contributed by atoms with Crippen LogP contribution in [0.15, 0.2) is 0 Å². The van der Waals surface area contributed by atoms with Crippen molar-refractivity contribution >= 4 is 11.9 Å². The number of likely N-dealkylation sites (N-methyl/N-ethyl adjacent to an activating group) is 2. The number of carboxylic acid groups (broad SMARTS) is 2. The number of hydrogen-bond acceptors (Lipinski definition) is 6. The molecular weight excluding hydrogens is 219 g/mol. The Morgan fingerprint density at radius 1 is 1.00 bits per heavy atom. The van der Waals surface area contributed by atoms with E-state index in [1.165, 1.54) is 0 Å². The van der Waals surface area contributed by atoms with Crippen LogP contribution < -0.4 is 20.8 Å². The van der Waals surface area contributed by atoms with E-state index in [0.29, 0.717) is 0 Å². The number of nitrogens with one attached hydrogen (secondary N) is 2.